The number of allylic oxidation sites excluding steroid dienone is 1. The van der Waals surface area contributed by atoms with Crippen molar-refractivity contribution in [3.05, 3.63) is 23.8 Å². The fraction of sp³-hybridized carbons (Fsp3) is 0.625. The molecule has 0 spiro atoms. The summed E-state index contributed by atoms with van der Waals surface area (Å²) in [5.41, 5.74) is -0.207. The molecule has 2 rings (SSSR count). The van der Waals surface area contributed by atoms with Crippen molar-refractivity contribution in [3.8, 4) is 0 Å². The molecule has 1 aliphatic heterocycles. The number of rotatable bonds is 2. The number of carbonyl (C=O) groups is 2. The van der Waals surface area contributed by atoms with Gasteiger partial charge in [-0.2, -0.15) is 0 Å². The zero-order chi connectivity index (χ0) is 15.6. The predicted octanol–water partition coefficient (Wildman–Crippen LogP) is 2.97. The molecular weight excluding hydrogens is 270 g/mol. The average molecular weight is 293 g/mol. The standard InChI is InChI=1S/C16H23NO4/c1-16(2,3)21-15(20)17-9-5-8-13(17)11-6-4-7-12(10-11)14(18)19/h4,7,10-11,13H,5-6,8-9H2,1-3H3,(H,18,19)/t11?,13-/m1/s1. The minimum atomic E-state index is -0.919. The second kappa shape index (κ2) is 5.92. The van der Waals surface area contributed by atoms with Gasteiger partial charge in [-0.3, -0.25) is 0 Å². The van der Waals surface area contributed by atoms with E-state index in [9.17, 15) is 9.59 Å². The van der Waals surface area contributed by atoms with Crippen LogP contribution in [0.5, 0.6) is 0 Å². The van der Waals surface area contributed by atoms with E-state index in [1.165, 1.54) is 0 Å². The summed E-state index contributed by atoms with van der Waals surface area (Å²) in [6.07, 6.45) is 7.56. The van der Waals surface area contributed by atoms with Gasteiger partial charge in [-0.05, 0) is 40.0 Å². The molecule has 1 heterocycles. The smallest absolute Gasteiger partial charge is 0.410 e. The molecule has 21 heavy (non-hydrogen) atoms. The highest BCUT2D eigenvalue weighted by Crippen LogP contribution is 2.31. The highest BCUT2D eigenvalue weighted by atomic mass is 16.6. The fourth-order valence-corrected chi connectivity index (χ4v) is 2.90. The predicted molar refractivity (Wildman–Crippen MR) is 78.9 cm³/mol. The minimum absolute atomic E-state index is 0.0270. The van der Waals surface area contributed by atoms with Crippen LogP contribution in [0.2, 0.25) is 0 Å². The van der Waals surface area contributed by atoms with Crippen LogP contribution in [0.3, 0.4) is 0 Å². The van der Waals surface area contributed by atoms with Crippen LogP contribution < -0.4 is 0 Å². The quantitative estimate of drug-likeness (QED) is 0.850. The van der Waals surface area contributed by atoms with Crippen molar-refractivity contribution < 1.29 is 19.4 Å². The van der Waals surface area contributed by atoms with Gasteiger partial charge in [0.25, 0.3) is 0 Å². The molecule has 5 heteroatoms. The van der Waals surface area contributed by atoms with Crippen molar-refractivity contribution >= 4 is 12.1 Å². The molecule has 0 aromatic carbocycles. The molecule has 1 unspecified atom stereocenters. The van der Waals surface area contributed by atoms with Gasteiger partial charge in [0.15, 0.2) is 0 Å². The number of hydrogen-bond donors (Lipinski definition) is 1. The third-order valence-electron chi connectivity index (χ3n) is 3.77. The second-order valence-corrected chi connectivity index (χ2v) is 6.61. The summed E-state index contributed by atoms with van der Waals surface area (Å²) in [6.45, 7) is 6.22. The topological polar surface area (TPSA) is 66.8 Å². The van der Waals surface area contributed by atoms with E-state index < -0.39 is 11.6 Å². The van der Waals surface area contributed by atoms with E-state index in [2.05, 4.69) is 0 Å². The Labute approximate surface area is 125 Å². The van der Waals surface area contributed by atoms with E-state index in [1.807, 2.05) is 26.8 Å². The lowest BCUT2D eigenvalue weighted by atomic mass is 9.88. The third-order valence-corrected chi connectivity index (χ3v) is 3.77. The van der Waals surface area contributed by atoms with Crippen molar-refractivity contribution in [2.24, 2.45) is 5.92 Å². The summed E-state index contributed by atoms with van der Waals surface area (Å²) < 4.78 is 5.45. The summed E-state index contributed by atoms with van der Waals surface area (Å²) in [5.74, 6) is -0.867. The molecular formula is C16H23NO4. The second-order valence-electron chi connectivity index (χ2n) is 6.61. The van der Waals surface area contributed by atoms with E-state index in [0.29, 0.717) is 12.1 Å². The first kappa shape index (κ1) is 15.6. The Kier molecular flexibility index (Phi) is 4.40. The van der Waals surface area contributed by atoms with Crippen LogP contribution in [0, 0.1) is 5.92 Å². The van der Waals surface area contributed by atoms with Crippen LogP contribution >= 0.6 is 0 Å². The van der Waals surface area contributed by atoms with Crippen LogP contribution in [0.4, 0.5) is 4.79 Å². The molecule has 2 aliphatic rings. The van der Waals surface area contributed by atoms with Crippen molar-refractivity contribution in [1.29, 1.82) is 0 Å². The summed E-state index contributed by atoms with van der Waals surface area (Å²) in [4.78, 5) is 25.1. The lowest BCUT2D eigenvalue weighted by molar-refractivity contribution is -0.132. The lowest BCUT2D eigenvalue weighted by Gasteiger charge is -2.32. The Bertz CT molecular complexity index is 487. The van der Waals surface area contributed by atoms with Gasteiger partial charge >= 0.3 is 12.1 Å². The zero-order valence-electron chi connectivity index (χ0n) is 12.8. The van der Waals surface area contributed by atoms with Crippen molar-refractivity contribution in [2.75, 3.05) is 6.54 Å². The Morgan fingerprint density at radius 1 is 1.38 bits per heavy atom. The van der Waals surface area contributed by atoms with Crippen LogP contribution in [0.25, 0.3) is 0 Å². The van der Waals surface area contributed by atoms with E-state index in [1.54, 1.807) is 17.1 Å². The first-order valence-electron chi connectivity index (χ1n) is 7.39. The number of carboxylic acid groups (broad SMARTS) is 1. The van der Waals surface area contributed by atoms with Crippen molar-refractivity contribution in [3.63, 3.8) is 0 Å². The molecule has 116 valence electrons. The van der Waals surface area contributed by atoms with Gasteiger partial charge in [0.05, 0.1) is 5.57 Å². The normalized spacial score (nSPS) is 25.7. The van der Waals surface area contributed by atoms with Gasteiger partial charge < -0.3 is 14.7 Å². The molecule has 0 bridgehead atoms. The summed E-state index contributed by atoms with van der Waals surface area (Å²) in [7, 11) is 0. The van der Waals surface area contributed by atoms with Crippen LogP contribution in [0.1, 0.15) is 40.0 Å². The summed E-state index contributed by atoms with van der Waals surface area (Å²) >= 11 is 0. The maximum atomic E-state index is 12.3. The van der Waals surface area contributed by atoms with Crippen molar-refractivity contribution in [2.45, 2.75) is 51.7 Å². The highest BCUT2D eigenvalue weighted by molar-refractivity contribution is 5.90. The van der Waals surface area contributed by atoms with Gasteiger partial charge in [-0.1, -0.05) is 18.2 Å². The van der Waals surface area contributed by atoms with Crippen molar-refractivity contribution in [1.82, 2.24) is 4.90 Å². The van der Waals surface area contributed by atoms with E-state index in [0.717, 1.165) is 19.3 Å². The van der Waals surface area contributed by atoms with Crippen LogP contribution in [-0.2, 0) is 9.53 Å². The van der Waals surface area contributed by atoms with E-state index in [-0.39, 0.29) is 18.1 Å². The van der Waals surface area contributed by atoms with Gasteiger partial charge in [0, 0.05) is 18.5 Å². The number of ether oxygens (including phenoxy) is 1. The molecule has 0 saturated carbocycles. The SMILES string of the molecule is CC(C)(C)OC(=O)N1CCC[C@@H]1C1C=C(C(=O)O)C=CC1. The molecule has 1 amide bonds. The molecule has 1 saturated heterocycles. The number of nitrogens with zero attached hydrogens (tertiary/aromatic N) is 1. The molecule has 0 aromatic rings. The van der Waals surface area contributed by atoms with Crippen LogP contribution in [0.15, 0.2) is 23.8 Å². The molecule has 0 aromatic heterocycles. The van der Waals surface area contributed by atoms with E-state index >= 15 is 0 Å². The fourth-order valence-electron chi connectivity index (χ4n) is 2.90. The number of carboxylic acids is 1. The monoisotopic (exact) mass is 293 g/mol. The average Bonchev–Trinajstić information content (AvgIpc) is 2.86. The number of hydrogen-bond acceptors (Lipinski definition) is 3. The van der Waals surface area contributed by atoms with Gasteiger partial charge in [0.1, 0.15) is 5.60 Å². The molecule has 1 fully saturated rings. The summed E-state index contributed by atoms with van der Waals surface area (Å²) in [5, 5.41) is 9.10. The Hall–Kier alpha value is -1.78. The largest absolute Gasteiger partial charge is 0.478 e. The first-order chi connectivity index (χ1) is 9.78. The number of amides is 1. The maximum Gasteiger partial charge on any atom is 0.410 e. The minimum Gasteiger partial charge on any atom is -0.478 e. The Morgan fingerprint density at radius 3 is 2.71 bits per heavy atom. The molecule has 5 nitrogen and oxygen atoms in total. The molecule has 1 N–H and O–H groups in total. The molecule has 0 radical (unpaired) electrons. The maximum absolute atomic E-state index is 12.3. The lowest BCUT2D eigenvalue weighted by Crippen LogP contribution is -2.43. The van der Waals surface area contributed by atoms with Crippen LogP contribution in [-0.4, -0.2) is 40.3 Å². The number of carbonyl (C=O) groups excluding carboxylic acids is 1. The Balaban J connectivity index is 2.10. The molecule has 1 aliphatic carbocycles. The highest BCUT2D eigenvalue weighted by Gasteiger charge is 2.36. The number of likely N-dealkylation sites (tertiary alicyclic amines) is 1. The molecule has 2 atom stereocenters. The first-order valence-corrected chi connectivity index (χ1v) is 7.39. The third kappa shape index (κ3) is 3.86. The van der Waals surface area contributed by atoms with Gasteiger partial charge in [-0.15, -0.1) is 0 Å². The van der Waals surface area contributed by atoms with Gasteiger partial charge in [0.2, 0.25) is 0 Å². The zero-order valence-corrected chi connectivity index (χ0v) is 12.8. The van der Waals surface area contributed by atoms with Gasteiger partial charge in [-0.25, -0.2) is 9.59 Å². The van der Waals surface area contributed by atoms with E-state index in [4.69, 9.17) is 9.84 Å². The summed E-state index contributed by atoms with van der Waals surface area (Å²) in [6, 6.07) is 0.0270. The Morgan fingerprint density at radius 2 is 2.10 bits per heavy atom. The number of aliphatic carboxylic acids is 1.